The maximum Gasteiger partial charge on any atom is 0.343 e. The smallest absolute Gasteiger partial charge is 0.343 e. The lowest BCUT2D eigenvalue weighted by molar-refractivity contribution is 0.0734. The molecule has 5 nitrogen and oxygen atoms in total. The second-order valence-electron chi connectivity index (χ2n) is 6.10. The van der Waals surface area contributed by atoms with Crippen molar-refractivity contribution in [1.82, 2.24) is 0 Å². The molecular formula is C24H19NO4. The summed E-state index contributed by atoms with van der Waals surface area (Å²) in [4.78, 5) is 12.6. The SMILES string of the molecule is COc1cc(OC)cc(C(=O)Oc2cccc(/C=C(/C#N)c3ccccc3)c2)c1. The van der Waals surface area contributed by atoms with E-state index in [1.807, 2.05) is 36.4 Å². The molecule has 0 atom stereocenters. The van der Waals surface area contributed by atoms with E-state index in [0.717, 1.165) is 11.1 Å². The minimum Gasteiger partial charge on any atom is -0.497 e. The number of carbonyl (C=O) groups excluding carboxylic acids is 1. The summed E-state index contributed by atoms with van der Waals surface area (Å²) in [6.45, 7) is 0. The summed E-state index contributed by atoms with van der Waals surface area (Å²) in [5.74, 6) is 0.826. The standard InChI is InChI=1S/C24H19NO4/c1-27-22-13-19(14-23(15-22)28-2)24(26)29-21-10-6-7-17(12-21)11-20(16-25)18-8-4-3-5-9-18/h3-15H,1-2H3/b20-11-. The molecule has 0 spiro atoms. The van der Waals surface area contributed by atoms with Crippen molar-refractivity contribution in [3.63, 3.8) is 0 Å². The molecule has 0 N–H and O–H groups in total. The van der Waals surface area contributed by atoms with Gasteiger partial charge in [0.1, 0.15) is 17.2 Å². The first-order chi connectivity index (χ1) is 14.1. The van der Waals surface area contributed by atoms with Gasteiger partial charge in [-0.2, -0.15) is 5.26 Å². The van der Waals surface area contributed by atoms with Crippen LogP contribution in [-0.4, -0.2) is 20.2 Å². The van der Waals surface area contributed by atoms with E-state index < -0.39 is 5.97 Å². The third-order valence-corrected chi connectivity index (χ3v) is 4.17. The predicted octanol–water partition coefficient (Wildman–Crippen LogP) is 4.99. The maximum absolute atomic E-state index is 12.6. The Morgan fingerprint density at radius 2 is 1.52 bits per heavy atom. The number of hydrogen-bond acceptors (Lipinski definition) is 5. The summed E-state index contributed by atoms with van der Waals surface area (Å²) in [6.07, 6.45) is 1.75. The Bertz CT molecular complexity index is 1060. The number of carbonyl (C=O) groups is 1. The van der Waals surface area contributed by atoms with Crippen LogP contribution in [0.4, 0.5) is 0 Å². The molecule has 29 heavy (non-hydrogen) atoms. The number of allylic oxidation sites excluding steroid dienone is 1. The van der Waals surface area contributed by atoms with E-state index >= 15 is 0 Å². The van der Waals surface area contributed by atoms with Gasteiger partial charge in [0.25, 0.3) is 0 Å². The Hall–Kier alpha value is -4.04. The molecule has 0 unspecified atom stereocenters. The molecule has 0 aliphatic carbocycles. The summed E-state index contributed by atoms with van der Waals surface area (Å²) in [7, 11) is 3.03. The molecule has 3 rings (SSSR count). The van der Waals surface area contributed by atoms with Crippen LogP contribution in [0.1, 0.15) is 21.5 Å². The van der Waals surface area contributed by atoms with Gasteiger partial charge in [-0.3, -0.25) is 0 Å². The van der Waals surface area contributed by atoms with Gasteiger partial charge in [0.15, 0.2) is 0 Å². The van der Waals surface area contributed by atoms with E-state index in [9.17, 15) is 10.1 Å². The van der Waals surface area contributed by atoms with Crippen molar-refractivity contribution in [3.05, 3.63) is 89.5 Å². The average molecular weight is 385 g/mol. The van der Waals surface area contributed by atoms with Gasteiger partial charge in [-0.1, -0.05) is 42.5 Å². The Balaban J connectivity index is 1.84. The van der Waals surface area contributed by atoms with E-state index in [4.69, 9.17) is 14.2 Å². The minimum absolute atomic E-state index is 0.309. The number of ether oxygens (including phenoxy) is 3. The van der Waals surface area contributed by atoms with Gasteiger partial charge in [0.2, 0.25) is 0 Å². The molecule has 0 aliphatic heterocycles. The Morgan fingerprint density at radius 3 is 2.14 bits per heavy atom. The molecule has 0 bridgehead atoms. The van der Waals surface area contributed by atoms with Crippen molar-refractivity contribution in [2.45, 2.75) is 0 Å². The van der Waals surface area contributed by atoms with Gasteiger partial charge >= 0.3 is 5.97 Å². The number of rotatable bonds is 6. The largest absolute Gasteiger partial charge is 0.497 e. The first-order valence-corrected chi connectivity index (χ1v) is 8.85. The van der Waals surface area contributed by atoms with Crippen molar-refractivity contribution in [2.24, 2.45) is 0 Å². The van der Waals surface area contributed by atoms with Crippen LogP contribution in [0, 0.1) is 11.3 Å². The Morgan fingerprint density at radius 1 is 0.828 bits per heavy atom. The van der Waals surface area contributed by atoms with Crippen LogP contribution in [0.15, 0.2) is 72.8 Å². The number of esters is 1. The summed E-state index contributed by atoms with van der Waals surface area (Å²) >= 11 is 0. The van der Waals surface area contributed by atoms with Crippen molar-refractivity contribution >= 4 is 17.6 Å². The molecule has 3 aromatic rings. The lowest BCUT2D eigenvalue weighted by Gasteiger charge is -2.09. The third kappa shape index (κ3) is 5.02. The quantitative estimate of drug-likeness (QED) is 0.259. The van der Waals surface area contributed by atoms with Crippen molar-refractivity contribution in [1.29, 1.82) is 5.26 Å². The minimum atomic E-state index is -0.535. The van der Waals surface area contributed by atoms with E-state index in [2.05, 4.69) is 6.07 Å². The first kappa shape index (κ1) is 19.7. The zero-order valence-electron chi connectivity index (χ0n) is 16.1. The van der Waals surface area contributed by atoms with Gasteiger partial charge in [0, 0.05) is 6.07 Å². The monoisotopic (exact) mass is 385 g/mol. The average Bonchev–Trinajstić information content (AvgIpc) is 2.77. The molecule has 5 heteroatoms. The normalized spacial score (nSPS) is 10.7. The Kier molecular flexibility index (Phi) is 6.29. The lowest BCUT2D eigenvalue weighted by Crippen LogP contribution is -2.09. The topological polar surface area (TPSA) is 68.6 Å². The number of methoxy groups -OCH3 is 2. The van der Waals surface area contributed by atoms with Crippen molar-refractivity contribution < 1.29 is 19.0 Å². The van der Waals surface area contributed by atoms with Gasteiger partial charge in [-0.15, -0.1) is 0 Å². The second kappa shape index (κ2) is 9.25. The Labute approximate surface area is 169 Å². The fourth-order valence-electron chi connectivity index (χ4n) is 2.72. The summed E-state index contributed by atoms with van der Waals surface area (Å²) in [5.41, 5.74) is 2.40. The molecule has 0 saturated carbocycles. The molecule has 0 aliphatic rings. The van der Waals surface area contributed by atoms with E-state index in [-0.39, 0.29) is 0 Å². The molecule has 144 valence electrons. The lowest BCUT2D eigenvalue weighted by atomic mass is 10.0. The van der Waals surface area contributed by atoms with Crippen LogP contribution in [0.25, 0.3) is 11.6 Å². The van der Waals surface area contributed by atoms with E-state index in [0.29, 0.717) is 28.4 Å². The molecular weight excluding hydrogens is 366 g/mol. The fraction of sp³-hybridized carbons (Fsp3) is 0.0833. The van der Waals surface area contributed by atoms with E-state index in [1.54, 1.807) is 42.5 Å². The fourth-order valence-corrected chi connectivity index (χ4v) is 2.72. The van der Waals surface area contributed by atoms with Gasteiger partial charge in [-0.05, 0) is 41.5 Å². The second-order valence-corrected chi connectivity index (χ2v) is 6.10. The summed E-state index contributed by atoms with van der Waals surface area (Å²) in [6, 6.07) is 23.4. The van der Waals surface area contributed by atoms with Crippen LogP contribution in [0.2, 0.25) is 0 Å². The molecule has 0 radical (unpaired) electrons. The first-order valence-electron chi connectivity index (χ1n) is 8.85. The van der Waals surface area contributed by atoms with Gasteiger partial charge in [-0.25, -0.2) is 4.79 Å². The van der Waals surface area contributed by atoms with Crippen LogP contribution >= 0.6 is 0 Å². The number of hydrogen-bond donors (Lipinski definition) is 0. The number of nitriles is 1. The highest BCUT2D eigenvalue weighted by molar-refractivity contribution is 5.92. The molecule has 3 aromatic carbocycles. The molecule has 0 amide bonds. The van der Waals surface area contributed by atoms with E-state index in [1.165, 1.54) is 14.2 Å². The molecule has 0 fully saturated rings. The highest BCUT2D eigenvalue weighted by Gasteiger charge is 2.13. The van der Waals surface area contributed by atoms with Gasteiger partial charge < -0.3 is 14.2 Å². The zero-order chi connectivity index (χ0) is 20.6. The predicted molar refractivity (Wildman–Crippen MR) is 111 cm³/mol. The molecule has 0 heterocycles. The zero-order valence-corrected chi connectivity index (χ0v) is 16.1. The maximum atomic E-state index is 12.6. The highest BCUT2D eigenvalue weighted by atomic mass is 16.5. The number of benzene rings is 3. The third-order valence-electron chi connectivity index (χ3n) is 4.17. The van der Waals surface area contributed by atoms with Crippen LogP contribution in [-0.2, 0) is 0 Å². The van der Waals surface area contributed by atoms with Crippen LogP contribution in [0.3, 0.4) is 0 Å². The van der Waals surface area contributed by atoms with Crippen molar-refractivity contribution in [2.75, 3.05) is 14.2 Å². The van der Waals surface area contributed by atoms with Crippen LogP contribution < -0.4 is 14.2 Å². The summed E-state index contributed by atoms with van der Waals surface area (Å²) in [5, 5.41) is 9.48. The van der Waals surface area contributed by atoms with Crippen LogP contribution in [0.5, 0.6) is 17.2 Å². The summed E-state index contributed by atoms with van der Waals surface area (Å²) < 4.78 is 15.9. The van der Waals surface area contributed by atoms with Gasteiger partial charge in [0.05, 0.1) is 31.4 Å². The molecule has 0 saturated heterocycles. The van der Waals surface area contributed by atoms with Crippen molar-refractivity contribution in [3.8, 4) is 23.3 Å². The molecule has 0 aromatic heterocycles. The highest BCUT2D eigenvalue weighted by Crippen LogP contribution is 2.25. The number of nitrogens with zero attached hydrogens (tertiary/aromatic N) is 1.